The van der Waals surface area contributed by atoms with Gasteiger partial charge in [0, 0.05) is 6.08 Å². The van der Waals surface area contributed by atoms with Crippen LogP contribution in [-0.4, -0.2) is 9.97 Å². The van der Waals surface area contributed by atoms with Crippen molar-refractivity contribution in [2.75, 3.05) is 0 Å². The van der Waals surface area contributed by atoms with Crippen molar-refractivity contribution in [3.8, 4) is 0 Å². The number of aromatic amines is 1. The highest BCUT2D eigenvalue weighted by atomic mass is 14.9. The molecule has 0 radical (unpaired) electrons. The molecule has 2 heteroatoms. The predicted molar refractivity (Wildman–Crippen MR) is 49.7 cm³/mol. The van der Waals surface area contributed by atoms with E-state index in [4.69, 9.17) is 0 Å². The van der Waals surface area contributed by atoms with E-state index in [1.807, 2.05) is 24.3 Å². The molecule has 0 bridgehead atoms. The third-order valence-electron chi connectivity index (χ3n) is 1.65. The Balaban J connectivity index is 2.69. The Labute approximate surface area is 70.3 Å². The molecule has 2 aromatic rings. The molecule has 0 saturated heterocycles. The SMILES string of the molecule is C=C=Cc1nc2ccccc2[nH]1. The van der Waals surface area contributed by atoms with Crippen LogP contribution in [0.3, 0.4) is 0 Å². The third kappa shape index (κ3) is 1.04. The first-order valence-electron chi connectivity index (χ1n) is 3.71. The van der Waals surface area contributed by atoms with Gasteiger partial charge in [0.2, 0.25) is 0 Å². The van der Waals surface area contributed by atoms with E-state index < -0.39 is 0 Å². The van der Waals surface area contributed by atoms with Crippen molar-refractivity contribution in [3.05, 3.63) is 42.4 Å². The second kappa shape index (κ2) is 2.68. The van der Waals surface area contributed by atoms with Crippen molar-refractivity contribution in [2.45, 2.75) is 0 Å². The van der Waals surface area contributed by atoms with Crippen LogP contribution in [0.4, 0.5) is 0 Å². The van der Waals surface area contributed by atoms with Crippen molar-refractivity contribution in [2.24, 2.45) is 0 Å². The molecule has 2 rings (SSSR count). The van der Waals surface area contributed by atoms with Crippen molar-refractivity contribution in [3.63, 3.8) is 0 Å². The number of imidazole rings is 1. The number of benzene rings is 1. The van der Waals surface area contributed by atoms with Gasteiger partial charge in [0.15, 0.2) is 0 Å². The zero-order valence-electron chi connectivity index (χ0n) is 6.54. The Morgan fingerprint density at radius 3 is 3.00 bits per heavy atom. The Bertz CT molecular complexity index is 415. The number of H-pyrrole nitrogens is 1. The average molecular weight is 156 g/mol. The van der Waals surface area contributed by atoms with Gasteiger partial charge in [-0.15, -0.1) is 5.73 Å². The summed E-state index contributed by atoms with van der Waals surface area (Å²) >= 11 is 0. The Kier molecular flexibility index (Phi) is 1.54. The van der Waals surface area contributed by atoms with Gasteiger partial charge >= 0.3 is 0 Å². The molecular formula is C10H8N2. The van der Waals surface area contributed by atoms with E-state index >= 15 is 0 Å². The molecule has 58 valence electrons. The summed E-state index contributed by atoms with van der Waals surface area (Å²) in [6, 6.07) is 7.89. The summed E-state index contributed by atoms with van der Waals surface area (Å²) in [5.41, 5.74) is 4.69. The second-order valence-corrected chi connectivity index (χ2v) is 2.49. The maximum absolute atomic E-state index is 4.29. The maximum Gasteiger partial charge on any atom is 0.138 e. The number of hydrogen-bond acceptors (Lipinski definition) is 1. The highest BCUT2D eigenvalue weighted by Gasteiger charge is 1.96. The van der Waals surface area contributed by atoms with Crippen LogP contribution in [0.2, 0.25) is 0 Å². The van der Waals surface area contributed by atoms with Gasteiger partial charge in [0.1, 0.15) is 5.82 Å². The van der Waals surface area contributed by atoms with E-state index in [0.29, 0.717) is 0 Å². The molecule has 0 aliphatic rings. The molecule has 2 nitrogen and oxygen atoms in total. The molecule has 0 saturated carbocycles. The fourth-order valence-electron chi connectivity index (χ4n) is 1.14. The molecule has 1 aromatic carbocycles. The first kappa shape index (κ1) is 6.89. The minimum absolute atomic E-state index is 0.797. The quantitative estimate of drug-likeness (QED) is 0.631. The monoisotopic (exact) mass is 156 g/mol. The van der Waals surface area contributed by atoms with Gasteiger partial charge in [-0.2, -0.15) is 0 Å². The minimum Gasteiger partial charge on any atom is -0.338 e. The summed E-state index contributed by atoms with van der Waals surface area (Å²) < 4.78 is 0. The number of fused-ring (bicyclic) bond motifs is 1. The number of aromatic nitrogens is 2. The van der Waals surface area contributed by atoms with E-state index in [1.54, 1.807) is 6.08 Å². The van der Waals surface area contributed by atoms with E-state index in [-0.39, 0.29) is 0 Å². The lowest BCUT2D eigenvalue weighted by Gasteiger charge is -1.81. The van der Waals surface area contributed by atoms with Crippen LogP contribution in [0.15, 0.2) is 36.6 Å². The molecule has 1 heterocycles. The number of para-hydroxylation sites is 2. The van der Waals surface area contributed by atoms with Crippen LogP contribution in [0.25, 0.3) is 17.1 Å². The van der Waals surface area contributed by atoms with Gasteiger partial charge in [-0.05, 0) is 12.1 Å². The van der Waals surface area contributed by atoms with Gasteiger partial charge in [-0.25, -0.2) is 4.98 Å². The average Bonchev–Trinajstić information content (AvgIpc) is 2.47. The Morgan fingerprint density at radius 1 is 1.42 bits per heavy atom. The van der Waals surface area contributed by atoms with Crippen molar-refractivity contribution in [1.29, 1.82) is 0 Å². The van der Waals surface area contributed by atoms with Crippen LogP contribution < -0.4 is 0 Å². The molecule has 0 spiro atoms. The zero-order valence-corrected chi connectivity index (χ0v) is 6.54. The summed E-state index contributed by atoms with van der Waals surface area (Å²) in [5.74, 6) is 0.797. The van der Waals surface area contributed by atoms with Crippen LogP contribution in [0, 0.1) is 0 Å². The lowest BCUT2D eigenvalue weighted by Crippen LogP contribution is -1.69. The molecule has 0 fully saturated rings. The fourth-order valence-corrected chi connectivity index (χ4v) is 1.14. The van der Waals surface area contributed by atoms with Crippen LogP contribution in [0.1, 0.15) is 5.82 Å². The first-order valence-corrected chi connectivity index (χ1v) is 3.71. The minimum atomic E-state index is 0.797. The molecule has 0 aliphatic carbocycles. The van der Waals surface area contributed by atoms with Gasteiger partial charge in [-0.3, -0.25) is 0 Å². The lowest BCUT2D eigenvalue weighted by molar-refractivity contribution is 1.29. The number of nitrogens with zero attached hydrogens (tertiary/aromatic N) is 1. The van der Waals surface area contributed by atoms with E-state index in [2.05, 4.69) is 22.3 Å². The Morgan fingerprint density at radius 2 is 2.25 bits per heavy atom. The van der Waals surface area contributed by atoms with Gasteiger partial charge < -0.3 is 4.98 Å². The van der Waals surface area contributed by atoms with E-state index in [1.165, 1.54) is 0 Å². The van der Waals surface area contributed by atoms with Crippen molar-refractivity contribution < 1.29 is 0 Å². The number of rotatable bonds is 1. The third-order valence-corrected chi connectivity index (χ3v) is 1.65. The molecule has 0 unspecified atom stereocenters. The van der Waals surface area contributed by atoms with Crippen LogP contribution in [-0.2, 0) is 0 Å². The molecular weight excluding hydrogens is 148 g/mol. The van der Waals surface area contributed by atoms with Crippen LogP contribution >= 0.6 is 0 Å². The van der Waals surface area contributed by atoms with Gasteiger partial charge in [0.05, 0.1) is 11.0 Å². The summed E-state index contributed by atoms with van der Waals surface area (Å²) in [6.07, 6.45) is 1.72. The van der Waals surface area contributed by atoms with Crippen LogP contribution in [0.5, 0.6) is 0 Å². The molecule has 0 atom stereocenters. The largest absolute Gasteiger partial charge is 0.338 e. The summed E-state index contributed by atoms with van der Waals surface area (Å²) in [5, 5.41) is 0. The highest BCUT2D eigenvalue weighted by Crippen LogP contribution is 2.10. The molecule has 1 N–H and O–H groups in total. The standard InChI is InChI=1S/C10H8N2/c1-2-5-10-11-8-6-3-4-7-9(8)12-10/h3-7H,1H2,(H,11,12). The first-order chi connectivity index (χ1) is 5.90. The molecule has 0 aliphatic heterocycles. The predicted octanol–water partition coefficient (Wildman–Crippen LogP) is 2.36. The van der Waals surface area contributed by atoms with E-state index in [0.717, 1.165) is 16.9 Å². The topological polar surface area (TPSA) is 28.7 Å². The van der Waals surface area contributed by atoms with Gasteiger partial charge in [0.25, 0.3) is 0 Å². The highest BCUT2D eigenvalue weighted by molar-refractivity contribution is 5.76. The Hall–Kier alpha value is -1.79. The second-order valence-electron chi connectivity index (χ2n) is 2.49. The van der Waals surface area contributed by atoms with Gasteiger partial charge in [-0.1, -0.05) is 18.7 Å². The van der Waals surface area contributed by atoms with Crippen molar-refractivity contribution in [1.82, 2.24) is 9.97 Å². The normalized spacial score (nSPS) is 9.67. The lowest BCUT2D eigenvalue weighted by atomic mass is 10.3. The van der Waals surface area contributed by atoms with Crippen molar-refractivity contribution >= 4 is 17.1 Å². The summed E-state index contributed by atoms with van der Waals surface area (Å²) in [6.45, 7) is 3.49. The molecule has 1 aromatic heterocycles. The summed E-state index contributed by atoms with van der Waals surface area (Å²) in [4.78, 5) is 7.42. The fraction of sp³-hybridized carbons (Fsp3) is 0. The summed E-state index contributed by atoms with van der Waals surface area (Å²) in [7, 11) is 0. The van der Waals surface area contributed by atoms with E-state index in [9.17, 15) is 0 Å². The zero-order chi connectivity index (χ0) is 8.39. The molecule has 0 amide bonds. The maximum atomic E-state index is 4.29. The number of hydrogen-bond donors (Lipinski definition) is 1. The molecule has 12 heavy (non-hydrogen) atoms. The smallest absolute Gasteiger partial charge is 0.138 e. The number of nitrogens with one attached hydrogen (secondary N) is 1.